The highest BCUT2D eigenvalue weighted by Crippen LogP contribution is 2.20. The van der Waals surface area contributed by atoms with Crippen LogP contribution < -0.4 is 10.2 Å². The average molecular weight is 520 g/mol. The van der Waals surface area contributed by atoms with E-state index in [2.05, 4.69) is 28.1 Å². The highest BCUT2D eigenvalue weighted by Gasteiger charge is 2.21. The summed E-state index contributed by atoms with van der Waals surface area (Å²) in [6.07, 6.45) is 2.76. The minimum atomic E-state index is 0. The molecule has 0 bridgehead atoms. The van der Waals surface area contributed by atoms with Crippen LogP contribution in [-0.4, -0.2) is 74.0 Å². The number of amides is 1. The van der Waals surface area contributed by atoms with Crippen molar-refractivity contribution in [2.75, 3.05) is 57.3 Å². The van der Waals surface area contributed by atoms with Gasteiger partial charge in [0.2, 0.25) is 5.91 Å². The molecule has 8 heteroatoms. The van der Waals surface area contributed by atoms with Crippen molar-refractivity contribution in [1.82, 2.24) is 15.1 Å². The Morgan fingerprint density at radius 3 is 2.46 bits per heavy atom. The number of aliphatic imine (C=N–C) groups is 1. The molecule has 0 aromatic heterocycles. The van der Waals surface area contributed by atoms with Crippen LogP contribution >= 0.6 is 35.6 Å². The lowest BCUT2D eigenvalue weighted by atomic mass is 10.2. The molecule has 6 nitrogen and oxygen atoms in total. The number of carbonyl (C=O) groups excluding carboxylic acids is 1. The van der Waals surface area contributed by atoms with E-state index in [9.17, 15) is 4.79 Å². The molecule has 2 heterocycles. The second-order valence-corrected chi connectivity index (χ2v) is 7.46. The number of halogens is 2. The van der Waals surface area contributed by atoms with Gasteiger partial charge in [-0.1, -0.05) is 17.7 Å². The van der Waals surface area contributed by atoms with Gasteiger partial charge in [-0.25, -0.2) is 0 Å². The van der Waals surface area contributed by atoms with E-state index in [4.69, 9.17) is 16.6 Å². The third kappa shape index (κ3) is 6.40. The van der Waals surface area contributed by atoms with Crippen molar-refractivity contribution in [3.05, 3.63) is 29.3 Å². The zero-order chi connectivity index (χ0) is 19.1. The molecular formula is C20H31ClIN5O. The molecule has 0 atom stereocenters. The van der Waals surface area contributed by atoms with Gasteiger partial charge in [-0.05, 0) is 38.0 Å². The number of likely N-dealkylation sites (tertiary alicyclic amines) is 1. The van der Waals surface area contributed by atoms with Gasteiger partial charge in [0.1, 0.15) is 0 Å². The lowest BCUT2D eigenvalue weighted by Crippen LogP contribution is -2.52. The number of hydrogen-bond acceptors (Lipinski definition) is 3. The number of benzene rings is 1. The minimum Gasteiger partial charge on any atom is -0.368 e. The van der Waals surface area contributed by atoms with E-state index >= 15 is 0 Å². The molecule has 28 heavy (non-hydrogen) atoms. The van der Waals surface area contributed by atoms with Crippen LogP contribution in [-0.2, 0) is 4.79 Å². The Kier molecular flexibility index (Phi) is 9.64. The SMILES string of the molecule is CCNC(=NCCC(=O)N1CCCC1)N1CCN(c2cccc(Cl)c2)CC1.I. The molecule has 156 valence electrons. The van der Waals surface area contributed by atoms with Gasteiger partial charge >= 0.3 is 0 Å². The molecule has 0 unspecified atom stereocenters. The minimum absolute atomic E-state index is 0. The van der Waals surface area contributed by atoms with Crippen molar-refractivity contribution in [3.8, 4) is 0 Å². The Morgan fingerprint density at radius 1 is 1.11 bits per heavy atom. The molecule has 0 saturated carbocycles. The molecule has 1 N–H and O–H groups in total. The fourth-order valence-corrected chi connectivity index (χ4v) is 3.84. The summed E-state index contributed by atoms with van der Waals surface area (Å²) in [6, 6.07) is 8.01. The van der Waals surface area contributed by atoms with Gasteiger partial charge < -0.3 is 20.0 Å². The number of nitrogens with one attached hydrogen (secondary N) is 1. The average Bonchev–Trinajstić information content (AvgIpc) is 3.22. The zero-order valence-corrected chi connectivity index (χ0v) is 19.7. The lowest BCUT2D eigenvalue weighted by Gasteiger charge is -2.37. The first-order valence-electron chi connectivity index (χ1n) is 9.99. The smallest absolute Gasteiger partial charge is 0.224 e. The van der Waals surface area contributed by atoms with Crippen LogP contribution in [0.3, 0.4) is 0 Å². The molecule has 2 saturated heterocycles. The van der Waals surface area contributed by atoms with Crippen LogP contribution in [0.1, 0.15) is 26.2 Å². The summed E-state index contributed by atoms with van der Waals surface area (Å²) < 4.78 is 0. The van der Waals surface area contributed by atoms with E-state index in [0.717, 1.165) is 69.6 Å². The Labute approximate surface area is 190 Å². The first-order chi connectivity index (χ1) is 13.2. The van der Waals surface area contributed by atoms with Crippen molar-refractivity contribution in [3.63, 3.8) is 0 Å². The first-order valence-corrected chi connectivity index (χ1v) is 10.4. The lowest BCUT2D eigenvalue weighted by molar-refractivity contribution is -0.129. The number of hydrogen-bond donors (Lipinski definition) is 1. The first kappa shape index (κ1) is 23.1. The molecule has 2 aliphatic heterocycles. The molecule has 1 aromatic carbocycles. The standard InChI is InChI=1S/C20H30ClN5O.HI/c1-2-22-20(23-9-8-19(27)25-10-3-4-11-25)26-14-12-24(13-15-26)18-7-5-6-17(21)16-18;/h5-7,16H,2-4,8-15H2,1H3,(H,22,23);1H. The van der Waals surface area contributed by atoms with Crippen molar-refractivity contribution in [1.29, 1.82) is 0 Å². The van der Waals surface area contributed by atoms with Crippen LogP contribution in [0.25, 0.3) is 0 Å². The van der Waals surface area contributed by atoms with Crippen molar-refractivity contribution in [2.24, 2.45) is 4.99 Å². The maximum atomic E-state index is 12.2. The third-order valence-electron chi connectivity index (χ3n) is 5.13. The molecule has 0 aliphatic carbocycles. The van der Waals surface area contributed by atoms with Gasteiger partial charge in [0.25, 0.3) is 0 Å². The van der Waals surface area contributed by atoms with E-state index < -0.39 is 0 Å². The highest BCUT2D eigenvalue weighted by atomic mass is 127. The Morgan fingerprint density at radius 2 is 1.82 bits per heavy atom. The van der Waals surface area contributed by atoms with Crippen molar-refractivity contribution < 1.29 is 4.79 Å². The second-order valence-electron chi connectivity index (χ2n) is 7.03. The van der Waals surface area contributed by atoms with E-state index in [-0.39, 0.29) is 29.9 Å². The number of guanidine groups is 1. The van der Waals surface area contributed by atoms with E-state index in [1.54, 1.807) is 0 Å². The topological polar surface area (TPSA) is 51.2 Å². The van der Waals surface area contributed by atoms with E-state index in [1.165, 1.54) is 5.69 Å². The summed E-state index contributed by atoms with van der Waals surface area (Å²) in [7, 11) is 0. The van der Waals surface area contributed by atoms with Gasteiger partial charge in [0.05, 0.1) is 6.54 Å². The van der Waals surface area contributed by atoms with Crippen molar-refractivity contribution >= 4 is 53.1 Å². The van der Waals surface area contributed by atoms with Gasteiger partial charge in [-0.15, -0.1) is 24.0 Å². The second kappa shape index (κ2) is 11.7. The number of carbonyl (C=O) groups is 1. The normalized spacial score (nSPS) is 17.5. The van der Waals surface area contributed by atoms with E-state index in [0.29, 0.717) is 13.0 Å². The molecule has 1 aromatic rings. The fraction of sp³-hybridized carbons (Fsp3) is 0.600. The molecule has 2 fully saturated rings. The zero-order valence-electron chi connectivity index (χ0n) is 16.6. The molecule has 1 amide bonds. The largest absolute Gasteiger partial charge is 0.368 e. The van der Waals surface area contributed by atoms with Crippen LogP contribution in [0.4, 0.5) is 5.69 Å². The Bertz CT molecular complexity index is 658. The maximum Gasteiger partial charge on any atom is 0.224 e. The van der Waals surface area contributed by atoms with Crippen LogP contribution in [0.2, 0.25) is 5.02 Å². The highest BCUT2D eigenvalue weighted by molar-refractivity contribution is 14.0. The molecule has 3 rings (SSSR count). The molecule has 2 aliphatic rings. The maximum absolute atomic E-state index is 12.2. The fourth-order valence-electron chi connectivity index (χ4n) is 3.66. The number of anilines is 1. The van der Waals surface area contributed by atoms with Crippen LogP contribution in [0, 0.1) is 0 Å². The number of rotatable bonds is 5. The molecule has 0 radical (unpaired) electrons. The summed E-state index contributed by atoms with van der Waals surface area (Å²) in [5.74, 6) is 1.15. The monoisotopic (exact) mass is 519 g/mol. The van der Waals surface area contributed by atoms with Crippen LogP contribution in [0.5, 0.6) is 0 Å². The summed E-state index contributed by atoms with van der Waals surface area (Å²) in [5, 5.41) is 4.14. The van der Waals surface area contributed by atoms with Gasteiger partial charge in [-0.2, -0.15) is 0 Å². The summed E-state index contributed by atoms with van der Waals surface area (Å²) in [5.41, 5.74) is 1.17. The summed E-state index contributed by atoms with van der Waals surface area (Å²) in [6.45, 7) is 8.93. The molecular weight excluding hydrogens is 489 g/mol. The van der Waals surface area contributed by atoms with Gasteiger partial charge in [0.15, 0.2) is 5.96 Å². The quantitative estimate of drug-likeness (QED) is 0.369. The third-order valence-corrected chi connectivity index (χ3v) is 5.37. The van der Waals surface area contributed by atoms with Gasteiger partial charge in [0, 0.05) is 62.9 Å². The predicted octanol–water partition coefficient (Wildman–Crippen LogP) is 3.06. The van der Waals surface area contributed by atoms with Crippen molar-refractivity contribution in [2.45, 2.75) is 26.2 Å². The Balaban J connectivity index is 0.00000280. The van der Waals surface area contributed by atoms with Gasteiger partial charge in [-0.3, -0.25) is 9.79 Å². The number of piperazine rings is 1. The summed E-state index contributed by atoms with van der Waals surface area (Å²) in [4.78, 5) is 23.5. The number of nitrogens with zero attached hydrogens (tertiary/aromatic N) is 4. The van der Waals surface area contributed by atoms with Crippen LogP contribution in [0.15, 0.2) is 29.3 Å². The Hall–Kier alpha value is -1.22. The summed E-state index contributed by atoms with van der Waals surface area (Å²) >= 11 is 6.12. The molecule has 0 spiro atoms. The predicted molar refractivity (Wildman–Crippen MR) is 127 cm³/mol. The van der Waals surface area contributed by atoms with E-state index in [1.807, 2.05) is 23.1 Å².